The quantitative estimate of drug-likeness (QED) is 0.907. The van der Waals surface area contributed by atoms with Crippen molar-refractivity contribution in [1.29, 1.82) is 0 Å². The van der Waals surface area contributed by atoms with Crippen LogP contribution in [0.3, 0.4) is 0 Å². The summed E-state index contributed by atoms with van der Waals surface area (Å²) in [6, 6.07) is 2.49. The minimum absolute atomic E-state index is 0.179. The van der Waals surface area contributed by atoms with Crippen LogP contribution in [0.25, 0.3) is 0 Å². The third kappa shape index (κ3) is 2.90. The molecule has 1 aromatic heterocycles. The lowest BCUT2D eigenvalue weighted by Crippen LogP contribution is -2.16. The van der Waals surface area contributed by atoms with E-state index in [-0.39, 0.29) is 11.5 Å². The molecule has 2 aromatic rings. The Morgan fingerprint density at radius 1 is 1.30 bits per heavy atom. The first-order valence-corrected chi connectivity index (χ1v) is 6.74. The molecule has 0 unspecified atom stereocenters. The van der Waals surface area contributed by atoms with E-state index in [1.807, 2.05) is 4.72 Å². The number of nitrogens with zero attached hydrogens (tertiary/aromatic N) is 2. The van der Waals surface area contributed by atoms with Crippen molar-refractivity contribution in [2.24, 2.45) is 0 Å². The molecule has 0 aliphatic heterocycles. The summed E-state index contributed by atoms with van der Waals surface area (Å²) in [4.78, 5) is 3.08. The van der Waals surface area contributed by atoms with Gasteiger partial charge in [-0.2, -0.15) is 23.3 Å². The maximum absolute atomic E-state index is 12.6. The second kappa shape index (κ2) is 4.78. The lowest BCUT2D eigenvalue weighted by molar-refractivity contribution is -0.137. The molecule has 10 heteroatoms. The van der Waals surface area contributed by atoms with E-state index in [4.69, 9.17) is 0 Å². The van der Waals surface area contributed by atoms with Gasteiger partial charge in [0.1, 0.15) is 6.33 Å². The van der Waals surface area contributed by atoms with Crippen LogP contribution < -0.4 is 4.72 Å². The van der Waals surface area contributed by atoms with Crippen LogP contribution >= 0.6 is 0 Å². The number of H-pyrrole nitrogens is 1. The van der Waals surface area contributed by atoms with Crippen LogP contribution in [0.1, 0.15) is 11.1 Å². The molecule has 6 nitrogen and oxygen atoms in total. The zero-order chi connectivity index (χ0) is 15.0. The Labute approximate surface area is 112 Å². The number of halogens is 3. The van der Waals surface area contributed by atoms with E-state index in [0.29, 0.717) is 6.07 Å². The number of aromatic amines is 1. The molecule has 0 amide bonds. The van der Waals surface area contributed by atoms with E-state index in [2.05, 4.69) is 15.2 Å². The van der Waals surface area contributed by atoms with Crippen LogP contribution in [-0.2, 0) is 16.2 Å². The summed E-state index contributed by atoms with van der Waals surface area (Å²) in [6.45, 7) is 1.40. The third-order valence-corrected chi connectivity index (χ3v) is 3.93. The lowest BCUT2D eigenvalue weighted by atomic mass is 10.1. The predicted molar refractivity (Wildman–Crippen MR) is 63.4 cm³/mol. The van der Waals surface area contributed by atoms with Crippen LogP contribution in [0.4, 0.5) is 19.1 Å². The van der Waals surface area contributed by atoms with Crippen molar-refractivity contribution in [3.8, 4) is 0 Å². The van der Waals surface area contributed by atoms with E-state index in [9.17, 15) is 21.6 Å². The van der Waals surface area contributed by atoms with Crippen LogP contribution in [0.2, 0.25) is 0 Å². The molecule has 0 spiro atoms. The highest BCUT2D eigenvalue weighted by molar-refractivity contribution is 7.92. The average molecular weight is 306 g/mol. The largest absolute Gasteiger partial charge is 0.416 e. The molecule has 0 saturated heterocycles. The van der Waals surface area contributed by atoms with Crippen molar-refractivity contribution in [3.05, 3.63) is 35.7 Å². The Bertz CT molecular complexity index is 711. The molecule has 0 aliphatic rings. The first kappa shape index (κ1) is 14.3. The molecule has 2 N–H and O–H groups in total. The molecule has 0 atom stereocenters. The molecule has 0 saturated carbocycles. The van der Waals surface area contributed by atoms with Crippen LogP contribution in [0.15, 0.2) is 29.4 Å². The van der Waals surface area contributed by atoms with Crippen LogP contribution in [-0.4, -0.2) is 23.6 Å². The number of alkyl halides is 3. The number of benzene rings is 1. The van der Waals surface area contributed by atoms with Gasteiger partial charge in [0.05, 0.1) is 10.5 Å². The van der Waals surface area contributed by atoms with Crippen LogP contribution in [0, 0.1) is 6.92 Å². The number of hydrogen-bond acceptors (Lipinski definition) is 4. The Hall–Kier alpha value is -2.10. The Kier molecular flexibility index (Phi) is 3.42. The molecule has 1 aromatic carbocycles. The Balaban J connectivity index is 2.46. The van der Waals surface area contributed by atoms with Gasteiger partial charge in [-0.15, -0.1) is 0 Å². The van der Waals surface area contributed by atoms with Gasteiger partial charge in [0.2, 0.25) is 5.95 Å². The monoisotopic (exact) mass is 306 g/mol. The van der Waals surface area contributed by atoms with E-state index >= 15 is 0 Å². The number of aromatic nitrogens is 3. The van der Waals surface area contributed by atoms with E-state index < -0.39 is 26.7 Å². The van der Waals surface area contributed by atoms with Gasteiger partial charge in [0.25, 0.3) is 10.0 Å². The van der Waals surface area contributed by atoms with Gasteiger partial charge in [-0.3, -0.25) is 0 Å². The second-order valence-electron chi connectivity index (χ2n) is 3.92. The molecule has 0 bridgehead atoms. The van der Waals surface area contributed by atoms with E-state index in [0.717, 1.165) is 18.5 Å². The van der Waals surface area contributed by atoms with Crippen molar-refractivity contribution < 1.29 is 21.6 Å². The first-order valence-electron chi connectivity index (χ1n) is 5.26. The summed E-state index contributed by atoms with van der Waals surface area (Å²) in [5, 5.41) is 5.69. The lowest BCUT2D eigenvalue weighted by Gasteiger charge is -2.12. The second-order valence-corrected chi connectivity index (χ2v) is 5.57. The van der Waals surface area contributed by atoms with Crippen molar-refractivity contribution >= 4 is 16.0 Å². The molecular weight excluding hydrogens is 297 g/mol. The number of anilines is 1. The molecule has 0 radical (unpaired) electrons. The standard InChI is InChI=1S/C10H9F3N4O2S/c1-6-2-3-7(10(11,12)13)4-8(6)20(18,19)17-9-14-5-15-16-9/h2-5H,1H3,(H2,14,15,16,17). The van der Waals surface area contributed by atoms with Gasteiger partial charge in [-0.05, 0) is 24.6 Å². The molecule has 0 aliphatic carbocycles. The number of hydrogen-bond donors (Lipinski definition) is 2. The van der Waals surface area contributed by atoms with Crippen LogP contribution in [0.5, 0.6) is 0 Å². The molecule has 2 rings (SSSR count). The first-order chi connectivity index (χ1) is 9.20. The number of nitrogens with one attached hydrogen (secondary N) is 2. The highest BCUT2D eigenvalue weighted by atomic mass is 32.2. The van der Waals surface area contributed by atoms with Crippen molar-refractivity contribution in [2.75, 3.05) is 4.72 Å². The number of sulfonamides is 1. The number of rotatable bonds is 3. The van der Waals surface area contributed by atoms with Gasteiger partial charge in [0, 0.05) is 0 Å². The molecule has 0 fully saturated rings. The minimum Gasteiger partial charge on any atom is -0.248 e. The molecular formula is C10H9F3N4O2S. The summed E-state index contributed by atoms with van der Waals surface area (Å²) in [5.74, 6) is -0.179. The van der Waals surface area contributed by atoms with Crippen molar-refractivity contribution in [1.82, 2.24) is 15.2 Å². The van der Waals surface area contributed by atoms with Gasteiger partial charge >= 0.3 is 6.18 Å². The summed E-state index contributed by atoms with van der Waals surface area (Å²) < 4.78 is 63.9. The van der Waals surface area contributed by atoms with Gasteiger partial charge in [0.15, 0.2) is 0 Å². The van der Waals surface area contributed by atoms with Gasteiger partial charge in [-0.25, -0.2) is 18.2 Å². The zero-order valence-corrected chi connectivity index (χ0v) is 10.9. The summed E-state index contributed by atoms with van der Waals surface area (Å²) in [6.07, 6.45) is -3.55. The summed E-state index contributed by atoms with van der Waals surface area (Å²) in [7, 11) is -4.18. The number of aryl methyl sites for hydroxylation is 1. The Morgan fingerprint density at radius 3 is 2.55 bits per heavy atom. The normalized spacial score (nSPS) is 12.4. The minimum atomic E-state index is -4.62. The predicted octanol–water partition coefficient (Wildman–Crippen LogP) is 1.93. The zero-order valence-electron chi connectivity index (χ0n) is 10.1. The van der Waals surface area contributed by atoms with Crippen molar-refractivity contribution in [3.63, 3.8) is 0 Å². The molecule has 108 valence electrons. The highest BCUT2D eigenvalue weighted by Crippen LogP contribution is 2.32. The average Bonchev–Trinajstić information content (AvgIpc) is 2.79. The fourth-order valence-corrected chi connectivity index (χ4v) is 2.74. The van der Waals surface area contributed by atoms with Gasteiger partial charge in [-0.1, -0.05) is 6.07 Å². The molecule has 20 heavy (non-hydrogen) atoms. The van der Waals surface area contributed by atoms with Gasteiger partial charge < -0.3 is 0 Å². The fourth-order valence-electron chi connectivity index (χ4n) is 1.50. The smallest absolute Gasteiger partial charge is 0.248 e. The van der Waals surface area contributed by atoms with E-state index in [1.165, 1.54) is 6.92 Å². The van der Waals surface area contributed by atoms with E-state index in [1.54, 1.807) is 0 Å². The fraction of sp³-hybridized carbons (Fsp3) is 0.200. The van der Waals surface area contributed by atoms with Crippen molar-refractivity contribution in [2.45, 2.75) is 18.0 Å². The SMILES string of the molecule is Cc1ccc(C(F)(F)F)cc1S(=O)(=O)Nc1ncn[nH]1. The highest BCUT2D eigenvalue weighted by Gasteiger charge is 2.32. The summed E-state index contributed by atoms with van der Waals surface area (Å²) in [5.41, 5.74) is -0.855. The maximum atomic E-state index is 12.6. The third-order valence-electron chi connectivity index (χ3n) is 2.45. The summed E-state index contributed by atoms with van der Waals surface area (Å²) >= 11 is 0. The topological polar surface area (TPSA) is 87.7 Å². The maximum Gasteiger partial charge on any atom is 0.416 e. The molecule has 1 heterocycles. The Morgan fingerprint density at radius 2 is 2.00 bits per heavy atom.